The number of carbonyl (C=O) groups is 1. The second kappa shape index (κ2) is 11.2. The van der Waals surface area contributed by atoms with Gasteiger partial charge in [0.25, 0.3) is 0 Å². The standard InChI is InChI=1S/C30H37NO5/c1-20-10-13-26(18-21(20)2)36-30(4,29(32)33)19-23-11-14-25(15-12-23)34-17-16-27-22(3)35-28(31-27)24-8-6-5-7-9-24/h10-15,18,24H,5-9,16-17,19H2,1-4H3,(H,32,33). The van der Waals surface area contributed by atoms with Crippen molar-refractivity contribution >= 4 is 5.97 Å². The summed E-state index contributed by atoms with van der Waals surface area (Å²) in [6.07, 6.45) is 7.07. The maximum absolute atomic E-state index is 12.1. The molecule has 6 heteroatoms. The van der Waals surface area contributed by atoms with Crippen molar-refractivity contribution in [2.75, 3.05) is 6.61 Å². The van der Waals surface area contributed by atoms with Gasteiger partial charge in [-0.25, -0.2) is 9.78 Å². The van der Waals surface area contributed by atoms with E-state index in [4.69, 9.17) is 18.9 Å². The average molecular weight is 492 g/mol. The summed E-state index contributed by atoms with van der Waals surface area (Å²) in [6, 6.07) is 13.2. The molecule has 1 saturated carbocycles. The number of aryl methyl sites for hydroxylation is 3. The molecule has 0 bridgehead atoms. The summed E-state index contributed by atoms with van der Waals surface area (Å²) in [7, 11) is 0. The van der Waals surface area contributed by atoms with Crippen LogP contribution < -0.4 is 9.47 Å². The van der Waals surface area contributed by atoms with Crippen LogP contribution in [0.5, 0.6) is 11.5 Å². The molecular weight excluding hydrogens is 454 g/mol. The molecule has 192 valence electrons. The lowest BCUT2D eigenvalue weighted by molar-refractivity contribution is -0.153. The summed E-state index contributed by atoms with van der Waals surface area (Å²) in [5.41, 5.74) is 2.64. The fourth-order valence-electron chi connectivity index (χ4n) is 4.76. The molecule has 1 atom stereocenters. The van der Waals surface area contributed by atoms with Gasteiger partial charge in [-0.1, -0.05) is 37.5 Å². The summed E-state index contributed by atoms with van der Waals surface area (Å²) in [4.78, 5) is 16.9. The largest absolute Gasteiger partial charge is 0.493 e. The van der Waals surface area contributed by atoms with Gasteiger partial charge in [0.15, 0.2) is 5.89 Å². The Morgan fingerprint density at radius 2 is 1.72 bits per heavy atom. The zero-order valence-corrected chi connectivity index (χ0v) is 21.8. The van der Waals surface area contributed by atoms with Crippen molar-refractivity contribution in [2.45, 2.75) is 84.2 Å². The first-order valence-corrected chi connectivity index (χ1v) is 12.9. The Kier molecular flexibility index (Phi) is 8.02. The maximum atomic E-state index is 12.1. The van der Waals surface area contributed by atoms with Gasteiger partial charge in [-0.3, -0.25) is 0 Å². The minimum absolute atomic E-state index is 0.234. The summed E-state index contributed by atoms with van der Waals surface area (Å²) in [5, 5.41) is 9.90. The van der Waals surface area contributed by atoms with Gasteiger partial charge in [-0.15, -0.1) is 0 Å². The highest BCUT2D eigenvalue weighted by Crippen LogP contribution is 2.33. The van der Waals surface area contributed by atoms with Crippen molar-refractivity contribution in [3.8, 4) is 11.5 Å². The maximum Gasteiger partial charge on any atom is 0.348 e. The van der Waals surface area contributed by atoms with Gasteiger partial charge in [-0.05, 0) is 81.5 Å². The third-order valence-corrected chi connectivity index (χ3v) is 7.21. The van der Waals surface area contributed by atoms with Crippen LogP contribution >= 0.6 is 0 Å². The Labute approximate surface area is 213 Å². The number of ether oxygens (including phenoxy) is 2. The monoisotopic (exact) mass is 491 g/mol. The quantitative estimate of drug-likeness (QED) is 0.338. The number of carboxylic acids is 1. The van der Waals surface area contributed by atoms with E-state index in [0.717, 1.165) is 39.8 Å². The molecule has 0 radical (unpaired) electrons. The fraction of sp³-hybridized carbons (Fsp3) is 0.467. The van der Waals surface area contributed by atoms with Gasteiger partial charge in [0.1, 0.15) is 17.3 Å². The smallest absolute Gasteiger partial charge is 0.348 e. The van der Waals surface area contributed by atoms with Crippen LogP contribution in [0.25, 0.3) is 0 Å². The van der Waals surface area contributed by atoms with E-state index in [1.165, 1.54) is 32.1 Å². The summed E-state index contributed by atoms with van der Waals surface area (Å²) < 4.78 is 17.9. The Morgan fingerprint density at radius 3 is 2.39 bits per heavy atom. The Hall–Kier alpha value is -3.28. The molecule has 36 heavy (non-hydrogen) atoms. The lowest BCUT2D eigenvalue weighted by Gasteiger charge is -2.27. The number of oxazole rings is 1. The van der Waals surface area contributed by atoms with E-state index in [-0.39, 0.29) is 6.42 Å². The highest BCUT2D eigenvalue weighted by atomic mass is 16.5. The number of nitrogens with zero attached hydrogens (tertiary/aromatic N) is 1. The third kappa shape index (κ3) is 6.28. The lowest BCUT2D eigenvalue weighted by atomic mass is 9.89. The molecule has 1 fully saturated rings. The highest BCUT2D eigenvalue weighted by molar-refractivity contribution is 5.78. The van der Waals surface area contributed by atoms with E-state index < -0.39 is 11.6 Å². The molecule has 3 aromatic rings. The predicted octanol–water partition coefficient (Wildman–Crippen LogP) is 6.73. The van der Waals surface area contributed by atoms with Crippen molar-refractivity contribution in [1.82, 2.24) is 4.98 Å². The Balaban J connectivity index is 1.33. The summed E-state index contributed by atoms with van der Waals surface area (Å²) >= 11 is 0. The van der Waals surface area contributed by atoms with E-state index in [0.29, 0.717) is 24.7 Å². The van der Waals surface area contributed by atoms with E-state index in [2.05, 4.69) is 0 Å². The normalized spacial score (nSPS) is 15.9. The summed E-state index contributed by atoms with van der Waals surface area (Å²) in [5.74, 6) is 2.51. The number of rotatable bonds is 10. The zero-order valence-electron chi connectivity index (χ0n) is 21.8. The highest BCUT2D eigenvalue weighted by Gasteiger charge is 2.36. The van der Waals surface area contributed by atoms with Crippen LogP contribution in [-0.4, -0.2) is 28.3 Å². The number of hydrogen-bond donors (Lipinski definition) is 1. The van der Waals surface area contributed by atoms with Crippen molar-refractivity contribution in [3.63, 3.8) is 0 Å². The van der Waals surface area contributed by atoms with Crippen LogP contribution in [0.3, 0.4) is 0 Å². The first-order chi connectivity index (χ1) is 17.2. The molecule has 1 unspecified atom stereocenters. The molecule has 1 N–H and O–H groups in total. The van der Waals surface area contributed by atoms with Gasteiger partial charge in [-0.2, -0.15) is 0 Å². The Bertz CT molecular complexity index is 1180. The van der Waals surface area contributed by atoms with Gasteiger partial charge < -0.3 is 19.0 Å². The van der Waals surface area contributed by atoms with Crippen LogP contribution in [0, 0.1) is 20.8 Å². The van der Waals surface area contributed by atoms with Crippen LogP contribution in [-0.2, 0) is 17.6 Å². The van der Waals surface area contributed by atoms with Crippen molar-refractivity contribution in [2.24, 2.45) is 0 Å². The van der Waals surface area contributed by atoms with E-state index in [1.54, 1.807) is 6.92 Å². The molecule has 0 spiro atoms. The first kappa shape index (κ1) is 25.8. The van der Waals surface area contributed by atoms with Crippen LogP contribution in [0.2, 0.25) is 0 Å². The van der Waals surface area contributed by atoms with Crippen LogP contribution in [0.1, 0.15) is 79.0 Å². The average Bonchev–Trinajstić information content (AvgIpc) is 3.23. The zero-order chi connectivity index (χ0) is 25.7. The lowest BCUT2D eigenvalue weighted by Crippen LogP contribution is -2.43. The molecule has 0 aliphatic heterocycles. The molecule has 4 rings (SSSR count). The molecule has 1 aliphatic rings. The van der Waals surface area contributed by atoms with Gasteiger partial charge in [0.2, 0.25) is 5.60 Å². The van der Waals surface area contributed by atoms with Crippen molar-refractivity contribution in [3.05, 3.63) is 76.5 Å². The SMILES string of the molecule is Cc1ccc(OC(C)(Cc2ccc(OCCc3nc(C4CCCCC4)oc3C)cc2)C(=O)O)cc1C. The molecule has 2 aromatic carbocycles. The summed E-state index contributed by atoms with van der Waals surface area (Å²) in [6.45, 7) is 8.08. The topological polar surface area (TPSA) is 81.8 Å². The van der Waals surface area contributed by atoms with Crippen molar-refractivity contribution < 1.29 is 23.8 Å². The van der Waals surface area contributed by atoms with Crippen LogP contribution in [0.15, 0.2) is 46.9 Å². The minimum atomic E-state index is -1.38. The second-order valence-electron chi connectivity index (χ2n) is 10.2. The minimum Gasteiger partial charge on any atom is -0.493 e. The van der Waals surface area contributed by atoms with Crippen molar-refractivity contribution in [1.29, 1.82) is 0 Å². The number of aliphatic carboxylic acids is 1. The number of benzene rings is 2. The van der Waals surface area contributed by atoms with Gasteiger partial charge >= 0.3 is 5.97 Å². The first-order valence-electron chi connectivity index (χ1n) is 12.9. The number of carboxylic acid groups (broad SMARTS) is 1. The molecule has 0 saturated heterocycles. The van der Waals surface area contributed by atoms with Gasteiger partial charge in [0.05, 0.1) is 12.3 Å². The molecule has 1 aromatic heterocycles. The Morgan fingerprint density at radius 1 is 1.03 bits per heavy atom. The third-order valence-electron chi connectivity index (χ3n) is 7.21. The van der Waals surface area contributed by atoms with E-state index in [9.17, 15) is 9.90 Å². The molecule has 1 aliphatic carbocycles. The fourth-order valence-corrected chi connectivity index (χ4v) is 4.76. The molecule has 6 nitrogen and oxygen atoms in total. The van der Waals surface area contributed by atoms with Gasteiger partial charge in [0, 0.05) is 18.8 Å². The van der Waals surface area contributed by atoms with Crippen LogP contribution in [0.4, 0.5) is 0 Å². The van der Waals surface area contributed by atoms with E-state index in [1.807, 2.05) is 63.2 Å². The molecular formula is C30H37NO5. The van der Waals surface area contributed by atoms with E-state index >= 15 is 0 Å². The number of aromatic nitrogens is 1. The molecule has 0 amide bonds. The second-order valence-corrected chi connectivity index (χ2v) is 10.2. The number of hydrogen-bond acceptors (Lipinski definition) is 5. The predicted molar refractivity (Wildman–Crippen MR) is 139 cm³/mol. The molecule has 1 heterocycles.